The van der Waals surface area contributed by atoms with E-state index >= 15 is 0 Å². The van der Waals surface area contributed by atoms with Crippen molar-refractivity contribution >= 4 is 22.7 Å². The topological polar surface area (TPSA) is 94.8 Å². The Morgan fingerprint density at radius 1 is 1.17 bits per heavy atom. The Hall–Kier alpha value is -4.27. The molecule has 0 bridgehead atoms. The molecule has 8 nitrogen and oxygen atoms in total. The van der Waals surface area contributed by atoms with Gasteiger partial charge in [0, 0.05) is 34.9 Å². The molecule has 2 N–H and O–H groups in total. The number of carbonyl (C=O) groups is 1. The van der Waals surface area contributed by atoms with E-state index < -0.39 is 5.97 Å². The highest BCUT2D eigenvalue weighted by Gasteiger charge is 2.30. The molecule has 2 aliphatic heterocycles. The van der Waals surface area contributed by atoms with Crippen LogP contribution in [0.4, 0.5) is 10.1 Å². The minimum atomic E-state index is -0.838. The van der Waals surface area contributed by atoms with Gasteiger partial charge in [-0.2, -0.15) is 4.98 Å². The van der Waals surface area contributed by atoms with Gasteiger partial charge in [0.2, 0.25) is 0 Å². The third-order valence-corrected chi connectivity index (χ3v) is 6.55. The van der Waals surface area contributed by atoms with Crippen molar-refractivity contribution in [3.63, 3.8) is 0 Å². The van der Waals surface area contributed by atoms with Gasteiger partial charge in [0.05, 0.1) is 42.4 Å². The summed E-state index contributed by atoms with van der Waals surface area (Å²) in [6.07, 6.45) is 0.0446. The number of benzene rings is 3. The zero-order valence-electron chi connectivity index (χ0n) is 19.5. The Bertz CT molecular complexity index is 1480. The third-order valence-electron chi connectivity index (χ3n) is 6.55. The van der Waals surface area contributed by atoms with E-state index in [1.54, 1.807) is 10.6 Å². The fourth-order valence-electron chi connectivity index (χ4n) is 4.96. The molecule has 2 aliphatic rings. The van der Waals surface area contributed by atoms with Crippen LogP contribution in [0, 0.1) is 5.82 Å². The van der Waals surface area contributed by atoms with E-state index in [1.807, 2.05) is 43.3 Å². The summed E-state index contributed by atoms with van der Waals surface area (Å²) in [6.45, 7) is 3.06. The monoisotopic (exact) mass is 489 g/mol. The number of ether oxygens (including phenoxy) is 3. The molecule has 0 saturated carbocycles. The highest BCUT2D eigenvalue weighted by atomic mass is 19.1. The Labute approximate surface area is 206 Å². The Morgan fingerprint density at radius 3 is 2.89 bits per heavy atom. The average Bonchev–Trinajstić information content (AvgIpc) is 3.54. The number of rotatable bonds is 7. The molecule has 0 radical (unpaired) electrons. The first-order chi connectivity index (χ1) is 17.5. The molecular formula is C27H24FN3O5. The van der Waals surface area contributed by atoms with E-state index in [0.29, 0.717) is 48.4 Å². The first kappa shape index (κ1) is 22.2. The Balaban J connectivity index is 1.33. The van der Waals surface area contributed by atoms with Gasteiger partial charge >= 0.3 is 12.0 Å². The smallest absolute Gasteiger partial charge is 0.304 e. The largest absolute Gasteiger partial charge is 0.493 e. The van der Waals surface area contributed by atoms with Crippen LogP contribution in [0.3, 0.4) is 0 Å². The molecule has 0 spiro atoms. The summed E-state index contributed by atoms with van der Waals surface area (Å²) in [7, 11) is 0. The number of fused-ring (bicyclic) bond motifs is 3. The first-order valence-corrected chi connectivity index (χ1v) is 11.8. The van der Waals surface area contributed by atoms with Gasteiger partial charge in [0.1, 0.15) is 23.9 Å². The minimum absolute atomic E-state index is 0.0446. The van der Waals surface area contributed by atoms with Gasteiger partial charge in [-0.3, -0.25) is 9.36 Å². The standard InChI is InChI=1S/C27H24FN3O5/c1-2-34-27-30-20-9-6-16(28)11-23(20)31(27)22-5-3-4-19-21(14-36-26(19)22)29-17-7-8-18-15(10-25(32)33)13-35-24(18)12-17/h3-9,11-12,15,21,29H,2,10,13-14H2,1H3,(H,32,33). The van der Waals surface area contributed by atoms with Gasteiger partial charge in [-0.15, -0.1) is 0 Å². The third kappa shape index (κ3) is 3.77. The average molecular weight is 490 g/mol. The molecule has 2 unspecified atom stereocenters. The van der Waals surface area contributed by atoms with Crippen LogP contribution < -0.4 is 19.5 Å². The predicted octanol–water partition coefficient (Wildman–Crippen LogP) is 5.06. The van der Waals surface area contributed by atoms with E-state index in [0.717, 1.165) is 22.5 Å². The van der Waals surface area contributed by atoms with Crippen molar-refractivity contribution in [2.45, 2.75) is 25.3 Å². The lowest BCUT2D eigenvalue weighted by Crippen LogP contribution is -2.11. The van der Waals surface area contributed by atoms with Gasteiger partial charge in [-0.1, -0.05) is 18.2 Å². The van der Waals surface area contributed by atoms with Crippen molar-refractivity contribution in [1.29, 1.82) is 0 Å². The van der Waals surface area contributed by atoms with Crippen LogP contribution in [0.1, 0.15) is 36.4 Å². The van der Waals surface area contributed by atoms with E-state index in [-0.39, 0.29) is 24.2 Å². The van der Waals surface area contributed by atoms with Gasteiger partial charge < -0.3 is 24.6 Å². The van der Waals surface area contributed by atoms with Crippen LogP contribution in [-0.2, 0) is 4.79 Å². The van der Waals surface area contributed by atoms with Crippen molar-refractivity contribution in [3.8, 4) is 23.2 Å². The number of aromatic nitrogens is 2. The van der Waals surface area contributed by atoms with E-state index in [4.69, 9.17) is 19.3 Å². The number of nitrogens with one attached hydrogen (secondary N) is 1. The number of nitrogens with zero attached hydrogens (tertiary/aromatic N) is 2. The molecule has 6 rings (SSSR count). The number of para-hydroxylation sites is 1. The highest BCUT2D eigenvalue weighted by Crippen LogP contribution is 2.43. The minimum Gasteiger partial charge on any atom is -0.493 e. The number of carboxylic acid groups (broad SMARTS) is 1. The number of aliphatic carboxylic acids is 1. The molecule has 4 aromatic rings. The number of hydrogen-bond donors (Lipinski definition) is 2. The summed E-state index contributed by atoms with van der Waals surface area (Å²) in [5.74, 6) is 0.0455. The van der Waals surface area contributed by atoms with E-state index in [9.17, 15) is 9.18 Å². The predicted molar refractivity (Wildman–Crippen MR) is 131 cm³/mol. The molecule has 1 aromatic heterocycles. The molecule has 184 valence electrons. The fourth-order valence-corrected chi connectivity index (χ4v) is 4.96. The highest BCUT2D eigenvalue weighted by molar-refractivity contribution is 5.80. The van der Waals surface area contributed by atoms with Crippen molar-refractivity contribution in [1.82, 2.24) is 9.55 Å². The van der Waals surface area contributed by atoms with Gasteiger partial charge in [-0.05, 0) is 31.2 Å². The molecular weight excluding hydrogens is 465 g/mol. The zero-order chi connectivity index (χ0) is 24.8. The van der Waals surface area contributed by atoms with Crippen LogP contribution in [0.25, 0.3) is 16.7 Å². The maximum atomic E-state index is 14.1. The molecule has 36 heavy (non-hydrogen) atoms. The summed E-state index contributed by atoms with van der Waals surface area (Å²) < 4.78 is 33.6. The molecule has 0 saturated heterocycles. The fraction of sp³-hybridized carbons (Fsp3) is 0.259. The van der Waals surface area contributed by atoms with Gasteiger partial charge in [-0.25, -0.2) is 4.39 Å². The van der Waals surface area contributed by atoms with Crippen LogP contribution in [0.15, 0.2) is 54.6 Å². The van der Waals surface area contributed by atoms with E-state index in [2.05, 4.69) is 10.3 Å². The second-order valence-corrected chi connectivity index (χ2v) is 8.86. The van der Waals surface area contributed by atoms with Crippen molar-refractivity contribution in [2.24, 2.45) is 0 Å². The van der Waals surface area contributed by atoms with Gasteiger partial charge in [0.15, 0.2) is 0 Å². The number of imidazole rings is 1. The molecule has 2 atom stereocenters. The lowest BCUT2D eigenvalue weighted by molar-refractivity contribution is -0.137. The molecule has 0 fully saturated rings. The van der Waals surface area contributed by atoms with Crippen LogP contribution >= 0.6 is 0 Å². The van der Waals surface area contributed by atoms with Crippen molar-refractivity contribution in [3.05, 3.63) is 71.5 Å². The summed E-state index contributed by atoms with van der Waals surface area (Å²) in [5.41, 5.74) is 4.67. The quantitative estimate of drug-likeness (QED) is 0.375. The second-order valence-electron chi connectivity index (χ2n) is 8.86. The summed E-state index contributed by atoms with van der Waals surface area (Å²) in [5, 5.41) is 12.6. The maximum Gasteiger partial charge on any atom is 0.304 e. The van der Waals surface area contributed by atoms with Crippen molar-refractivity contribution < 1.29 is 28.5 Å². The summed E-state index contributed by atoms with van der Waals surface area (Å²) in [4.78, 5) is 15.7. The first-order valence-electron chi connectivity index (χ1n) is 11.8. The van der Waals surface area contributed by atoms with Crippen LogP contribution in [0.2, 0.25) is 0 Å². The molecule has 0 aliphatic carbocycles. The second kappa shape index (κ2) is 8.75. The number of hydrogen-bond acceptors (Lipinski definition) is 6. The number of halogens is 1. The van der Waals surface area contributed by atoms with E-state index in [1.165, 1.54) is 12.1 Å². The molecule has 0 amide bonds. The lowest BCUT2D eigenvalue weighted by atomic mass is 9.97. The summed E-state index contributed by atoms with van der Waals surface area (Å²) in [6, 6.07) is 16.3. The number of carboxylic acids is 1. The van der Waals surface area contributed by atoms with Crippen LogP contribution in [-0.4, -0.2) is 40.4 Å². The molecule has 3 aromatic carbocycles. The molecule has 3 heterocycles. The van der Waals surface area contributed by atoms with Crippen molar-refractivity contribution in [2.75, 3.05) is 25.1 Å². The number of anilines is 1. The lowest BCUT2D eigenvalue weighted by Gasteiger charge is -2.15. The Kier molecular flexibility index (Phi) is 5.40. The molecule has 9 heteroatoms. The van der Waals surface area contributed by atoms with Crippen LogP contribution in [0.5, 0.6) is 17.5 Å². The zero-order valence-corrected chi connectivity index (χ0v) is 19.5. The normalized spacial score (nSPS) is 17.8. The summed E-state index contributed by atoms with van der Waals surface area (Å²) >= 11 is 0. The SMILES string of the molecule is CCOc1nc2ccc(F)cc2n1-c1cccc2c1OCC2Nc1ccc2c(c1)OCC2CC(=O)O. The Morgan fingerprint density at radius 2 is 2.06 bits per heavy atom. The van der Waals surface area contributed by atoms with Gasteiger partial charge in [0.25, 0.3) is 0 Å². The maximum absolute atomic E-state index is 14.1.